The summed E-state index contributed by atoms with van der Waals surface area (Å²) in [5, 5.41) is 0. The summed E-state index contributed by atoms with van der Waals surface area (Å²) in [6, 6.07) is 45.9. The molecular formula is C38H27NS2. The van der Waals surface area contributed by atoms with Gasteiger partial charge in [-0.2, -0.15) is 0 Å². The summed E-state index contributed by atoms with van der Waals surface area (Å²) in [5.74, 6) is 0. The molecule has 0 amide bonds. The predicted molar refractivity (Wildman–Crippen MR) is 173 cm³/mol. The van der Waals surface area contributed by atoms with Crippen molar-refractivity contribution in [2.24, 2.45) is 0 Å². The van der Waals surface area contributed by atoms with Gasteiger partial charge in [0.05, 0.1) is 11.4 Å². The second-order valence-electron chi connectivity index (χ2n) is 11.2. The van der Waals surface area contributed by atoms with Crippen molar-refractivity contribution in [2.75, 3.05) is 0 Å². The van der Waals surface area contributed by atoms with Crippen LogP contribution in [-0.4, -0.2) is 4.98 Å². The van der Waals surface area contributed by atoms with Crippen LogP contribution in [-0.2, 0) is 5.41 Å². The van der Waals surface area contributed by atoms with Gasteiger partial charge in [-0.3, -0.25) is 0 Å². The highest BCUT2D eigenvalue weighted by Crippen LogP contribution is 2.58. The van der Waals surface area contributed by atoms with Crippen LogP contribution in [0.1, 0.15) is 25.0 Å². The van der Waals surface area contributed by atoms with Crippen molar-refractivity contribution >= 4 is 23.5 Å². The fraction of sp³-hybridized carbons (Fsp3) is 0.0789. The maximum absolute atomic E-state index is 5.21. The number of rotatable bonds is 3. The monoisotopic (exact) mass is 561 g/mol. The van der Waals surface area contributed by atoms with Crippen molar-refractivity contribution in [1.29, 1.82) is 0 Å². The predicted octanol–water partition coefficient (Wildman–Crippen LogP) is 11.0. The van der Waals surface area contributed by atoms with E-state index < -0.39 is 0 Å². The Bertz CT molecular complexity index is 1900. The Hall–Kier alpha value is -4.05. The third-order valence-electron chi connectivity index (χ3n) is 8.31. The molecule has 0 fully saturated rings. The Morgan fingerprint density at radius 1 is 0.488 bits per heavy atom. The van der Waals surface area contributed by atoms with E-state index in [4.69, 9.17) is 4.98 Å². The minimum atomic E-state index is -0.120. The number of nitrogens with zero attached hydrogens (tertiary/aromatic N) is 1. The van der Waals surface area contributed by atoms with Crippen LogP contribution in [0.3, 0.4) is 0 Å². The SMILES string of the molecule is CC1(C)c2cc(-c3cc(-c4ccccc4)cc(-c4ccccc4)n3)ccc2-c2ccc3c(c21)Sc1ccccc1S3. The Balaban J connectivity index is 1.27. The van der Waals surface area contributed by atoms with Crippen LogP contribution in [0.15, 0.2) is 147 Å². The van der Waals surface area contributed by atoms with Gasteiger partial charge in [0.1, 0.15) is 0 Å². The molecule has 0 unspecified atom stereocenters. The molecule has 1 nitrogen and oxygen atoms in total. The highest BCUT2D eigenvalue weighted by Gasteiger charge is 2.39. The van der Waals surface area contributed by atoms with Gasteiger partial charge in [0, 0.05) is 36.1 Å². The molecule has 196 valence electrons. The molecule has 2 heterocycles. The summed E-state index contributed by atoms with van der Waals surface area (Å²) < 4.78 is 0. The lowest BCUT2D eigenvalue weighted by Gasteiger charge is -2.28. The number of pyridine rings is 1. The molecule has 0 atom stereocenters. The van der Waals surface area contributed by atoms with E-state index in [0.29, 0.717) is 0 Å². The quantitative estimate of drug-likeness (QED) is 0.213. The van der Waals surface area contributed by atoms with Crippen molar-refractivity contribution < 1.29 is 0 Å². The molecule has 1 aliphatic carbocycles. The van der Waals surface area contributed by atoms with Crippen LogP contribution < -0.4 is 0 Å². The lowest BCUT2D eigenvalue weighted by atomic mass is 9.81. The van der Waals surface area contributed by atoms with Gasteiger partial charge < -0.3 is 0 Å². The van der Waals surface area contributed by atoms with E-state index in [1.807, 2.05) is 23.5 Å². The first kappa shape index (κ1) is 24.7. The first-order chi connectivity index (χ1) is 20.1. The lowest BCUT2D eigenvalue weighted by molar-refractivity contribution is 0.642. The molecule has 0 saturated carbocycles. The number of hydrogen-bond acceptors (Lipinski definition) is 3. The van der Waals surface area contributed by atoms with Crippen molar-refractivity contribution in [1.82, 2.24) is 4.98 Å². The molecule has 0 saturated heterocycles. The van der Waals surface area contributed by atoms with Crippen molar-refractivity contribution in [2.45, 2.75) is 38.8 Å². The summed E-state index contributed by atoms with van der Waals surface area (Å²) in [7, 11) is 0. The molecule has 0 bridgehead atoms. The fourth-order valence-electron chi connectivity index (χ4n) is 6.26. The second kappa shape index (κ2) is 9.51. The van der Waals surface area contributed by atoms with E-state index in [1.54, 1.807) is 0 Å². The molecule has 2 aliphatic rings. The molecule has 5 aromatic carbocycles. The zero-order valence-corrected chi connectivity index (χ0v) is 24.5. The average molecular weight is 562 g/mol. The van der Waals surface area contributed by atoms with E-state index in [1.165, 1.54) is 53.0 Å². The van der Waals surface area contributed by atoms with Gasteiger partial charge in [-0.15, -0.1) is 0 Å². The van der Waals surface area contributed by atoms with E-state index >= 15 is 0 Å². The Kier molecular flexibility index (Phi) is 5.73. The van der Waals surface area contributed by atoms with Gasteiger partial charge in [-0.25, -0.2) is 4.98 Å². The van der Waals surface area contributed by atoms with Crippen molar-refractivity contribution in [3.63, 3.8) is 0 Å². The lowest BCUT2D eigenvalue weighted by Crippen LogP contribution is -2.17. The van der Waals surface area contributed by atoms with Crippen LogP contribution in [0, 0.1) is 0 Å². The van der Waals surface area contributed by atoms with Gasteiger partial charge >= 0.3 is 0 Å². The highest BCUT2D eigenvalue weighted by molar-refractivity contribution is 8.05. The first-order valence-corrected chi connectivity index (χ1v) is 15.6. The van der Waals surface area contributed by atoms with Gasteiger partial charge in [-0.1, -0.05) is 128 Å². The topological polar surface area (TPSA) is 12.9 Å². The van der Waals surface area contributed by atoms with Crippen molar-refractivity contribution in [3.05, 3.63) is 139 Å². The third kappa shape index (κ3) is 4.07. The zero-order valence-electron chi connectivity index (χ0n) is 22.9. The molecule has 6 aromatic rings. The summed E-state index contributed by atoms with van der Waals surface area (Å²) in [5.41, 5.74) is 12.0. The standard InChI is InChI=1S/C38H27NS2/c1-38(2)30-21-26(32-23-27(24-11-5-3-6-12-24)22-31(39-32)25-13-7-4-8-14-25)17-18-28(30)29-19-20-35-37(36(29)38)41-34-16-10-9-15-33(34)40-35/h3-23H,1-2H3. The fourth-order valence-corrected chi connectivity index (χ4v) is 8.81. The summed E-state index contributed by atoms with van der Waals surface area (Å²) in [6.45, 7) is 4.77. The Morgan fingerprint density at radius 3 is 1.83 bits per heavy atom. The van der Waals surface area contributed by atoms with E-state index in [0.717, 1.165) is 22.5 Å². The molecule has 1 aliphatic heterocycles. The average Bonchev–Trinajstić information content (AvgIpc) is 3.26. The first-order valence-electron chi connectivity index (χ1n) is 14.0. The van der Waals surface area contributed by atoms with Crippen LogP contribution in [0.2, 0.25) is 0 Å². The Morgan fingerprint density at radius 2 is 1.10 bits per heavy atom. The zero-order chi connectivity index (χ0) is 27.6. The van der Waals surface area contributed by atoms with Gasteiger partial charge in [0.25, 0.3) is 0 Å². The smallest absolute Gasteiger partial charge is 0.0715 e. The van der Waals surface area contributed by atoms with Gasteiger partial charge in [0.2, 0.25) is 0 Å². The highest BCUT2D eigenvalue weighted by atomic mass is 32.2. The molecule has 0 radical (unpaired) electrons. The number of benzene rings is 5. The second-order valence-corrected chi connectivity index (χ2v) is 13.3. The molecular weight excluding hydrogens is 535 g/mol. The summed E-state index contributed by atoms with van der Waals surface area (Å²) in [4.78, 5) is 10.7. The van der Waals surface area contributed by atoms with Crippen molar-refractivity contribution in [3.8, 4) is 44.8 Å². The maximum Gasteiger partial charge on any atom is 0.0715 e. The number of hydrogen-bond donors (Lipinski definition) is 0. The van der Waals surface area contributed by atoms with Gasteiger partial charge in [0.15, 0.2) is 0 Å². The number of aromatic nitrogens is 1. The van der Waals surface area contributed by atoms with E-state index in [9.17, 15) is 0 Å². The molecule has 3 heteroatoms. The van der Waals surface area contributed by atoms with Gasteiger partial charge in [-0.05, 0) is 69.8 Å². The maximum atomic E-state index is 5.21. The van der Waals surface area contributed by atoms with Crippen LogP contribution in [0.5, 0.6) is 0 Å². The van der Waals surface area contributed by atoms with Crippen LogP contribution in [0.25, 0.3) is 44.8 Å². The normalized spacial score (nSPS) is 14.1. The van der Waals surface area contributed by atoms with Crippen LogP contribution >= 0.6 is 23.5 Å². The molecule has 0 N–H and O–H groups in total. The van der Waals surface area contributed by atoms with E-state index in [-0.39, 0.29) is 5.41 Å². The van der Waals surface area contributed by atoms with E-state index in [2.05, 4.69) is 141 Å². The summed E-state index contributed by atoms with van der Waals surface area (Å²) in [6.07, 6.45) is 0. The largest absolute Gasteiger partial charge is 0.248 e. The molecule has 41 heavy (non-hydrogen) atoms. The minimum Gasteiger partial charge on any atom is -0.248 e. The molecule has 0 spiro atoms. The van der Waals surface area contributed by atoms with Crippen LogP contribution in [0.4, 0.5) is 0 Å². The third-order valence-corrected chi connectivity index (χ3v) is 10.9. The Labute approximate surface area is 249 Å². The molecule has 8 rings (SSSR count). The summed E-state index contributed by atoms with van der Waals surface area (Å²) >= 11 is 3.82. The minimum absolute atomic E-state index is 0.120. The molecule has 1 aromatic heterocycles. The number of fused-ring (bicyclic) bond motifs is 6.